The van der Waals surface area contributed by atoms with E-state index in [0.29, 0.717) is 5.82 Å². The lowest BCUT2D eigenvalue weighted by atomic mass is 9.99. The number of halogens is 1. The van der Waals surface area contributed by atoms with E-state index in [0.717, 1.165) is 51.0 Å². The zero-order chi connectivity index (χ0) is 19.1. The number of nitrogens with one attached hydrogen (secondary N) is 2. The Bertz CT molecular complexity index is 614. The highest BCUT2D eigenvalue weighted by atomic mass is 19.1. The number of likely N-dealkylation sites (tertiary alicyclic amines) is 1. The Morgan fingerprint density at radius 1 is 1.30 bits per heavy atom. The van der Waals surface area contributed by atoms with Gasteiger partial charge in [0.1, 0.15) is 0 Å². The normalized spacial score (nSPS) is 22.3. The minimum Gasteiger partial charge on any atom is -0.357 e. The Labute approximate surface area is 162 Å². The fourth-order valence-corrected chi connectivity index (χ4v) is 3.78. The zero-order valence-electron chi connectivity index (χ0n) is 16.6. The van der Waals surface area contributed by atoms with Crippen molar-refractivity contribution in [1.29, 1.82) is 0 Å². The highest BCUT2D eigenvalue weighted by Crippen LogP contribution is 2.20. The number of pyridine rings is 1. The number of guanidine groups is 1. The van der Waals surface area contributed by atoms with Crippen molar-refractivity contribution in [2.24, 2.45) is 10.9 Å². The van der Waals surface area contributed by atoms with Crippen LogP contribution in [0.5, 0.6) is 0 Å². The Morgan fingerprint density at radius 2 is 2.11 bits per heavy atom. The van der Waals surface area contributed by atoms with Crippen molar-refractivity contribution in [2.45, 2.75) is 39.2 Å². The first kappa shape index (κ1) is 19.9. The van der Waals surface area contributed by atoms with Gasteiger partial charge in [-0.1, -0.05) is 6.92 Å². The van der Waals surface area contributed by atoms with Crippen molar-refractivity contribution < 1.29 is 4.39 Å². The van der Waals surface area contributed by atoms with E-state index in [1.165, 1.54) is 32.0 Å². The van der Waals surface area contributed by atoms with E-state index in [1.54, 1.807) is 12.3 Å². The van der Waals surface area contributed by atoms with Gasteiger partial charge in [-0.2, -0.15) is 0 Å². The topological polar surface area (TPSA) is 55.8 Å². The van der Waals surface area contributed by atoms with Gasteiger partial charge in [0.05, 0.1) is 6.54 Å². The molecule has 0 aliphatic carbocycles. The van der Waals surface area contributed by atoms with E-state index in [2.05, 4.69) is 34.4 Å². The summed E-state index contributed by atoms with van der Waals surface area (Å²) in [5, 5.41) is 6.84. The van der Waals surface area contributed by atoms with Crippen LogP contribution >= 0.6 is 0 Å². The van der Waals surface area contributed by atoms with Crippen LogP contribution in [0.4, 0.5) is 10.2 Å². The van der Waals surface area contributed by atoms with Crippen LogP contribution in [0.2, 0.25) is 0 Å². The van der Waals surface area contributed by atoms with Crippen molar-refractivity contribution >= 4 is 11.8 Å². The SMILES string of the molecule is CCNC(=NCCN1CCC(C)CC1)NC1CCN(c2ncccc2F)C1. The molecule has 0 spiro atoms. The van der Waals surface area contributed by atoms with Gasteiger partial charge < -0.3 is 20.4 Å². The lowest BCUT2D eigenvalue weighted by Crippen LogP contribution is -2.45. The number of rotatable bonds is 6. The van der Waals surface area contributed by atoms with Crippen LogP contribution in [0.15, 0.2) is 23.3 Å². The average molecular weight is 377 g/mol. The number of anilines is 1. The van der Waals surface area contributed by atoms with E-state index >= 15 is 0 Å². The highest BCUT2D eigenvalue weighted by molar-refractivity contribution is 5.80. The quantitative estimate of drug-likeness (QED) is 0.588. The van der Waals surface area contributed by atoms with Crippen molar-refractivity contribution in [3.05, 3.63) is 24.1 Å². The summed E-state index contributed by atoms with van der Waals surface area (Å²) >= 11 is 0. The fraction of sp³-hybridized carbons (Fsp3) is 0.700. The van der Waals surface area contributed by atoms with Gasteiger partial charge in [0.25, 0.3) is 0 Å². The Hall–Kier alpha value is -1.89. The van der Waals surface area contributed by atoms with Gasteiger partial charge in [-0.25, -0.2) is 9.37 Å². The molecule has 6 nitrogen and oxygen atoms in total. The molecule has 2 saturated heterocycles. The van der Waals surface area contributed by atoms with Crippen molar-refractivity contribution in [3.8, 4) is 0 Å². The van der Waals surface area contributed by atoms with Crippen LogP contribution in [0.3, 0.4) is 0 Å². The molecule has 3 rings (SSSR count). The number of aliphatic imine (C=N–C) groups is 1. The van der Waals surface area contributed by atoms with Crippen LogP contribution in [0.1, 0.15) is 33.1 Å². The van der Waals surface area contributed by atoms with E-state index in [-0.39, 0.29) is 11.9 Å². The lowest BCUT2D eigenvalue weighted by Gasteiger charge is -2.29. The largest absolute Gasteiger partial charge is 0.357 e. The second kappa shape index (κ2) is 9.88. The summed E-state index contributed by atoms with van der Waals surface area (Å²) in [4.78, 5) is 13.5. The molecule has 2 aliphatic rings. The molecule has 0 radical (unpaired) electrons. The molecule has 1 unspecified atom stereocenters. The first-order valence-corrected chi connectivity index (χ1v) is 10.3. The second-order valence-electron chi connectivity index (χ2n) is 7.67. The molecule has 2 N–H and O–H groups in total. The smallest absolute Gasteiger partial charge is 0.191 e. The number of nitrogens with zero attached hydrogens (tertiary/aromatic N) is 4. The molecule has 27 heavy (non-hydrogen) atoms. The third-order valence-corrected chi connectivity index (χ3v) is 5.47. The summed E-state index contributed by atoms with van der Waals surface area (Å²) in [6, 6.07) is 3.35. The van der Waals surface area contributed by atoms with Gasteiger partial charge in [0.15, 0.2) is 17.6 Å². The highest BCUT2D eigenvalue weighted by Gasteiger charge is 2.26. The summed E-state index contributed by atoms with van der Waals surface area (Å²) < 4.78 is 14.0. The molecule has 2 fully saturated rings. The average Bonchev–Trinajstić information content (AvgIpc) is 3.12. The molecular weight excluding hydrogens is 343 g/mol. The first-order chi connectivity index (χ1) is 13.2. The monoisotopic (exact) mass is 376 g/mol. The molecule has 150 valence electrons. The van der Waals surface area contributed by atoms with E-state index in [9.17, 15) is 4.39 Å². The van der Waals surface area contributed by atoms with Gasteiger partial charge in [-0.05, 0) is 57.3 Å². The Kier molecular flexibility index (Phi) is 7.26. The molecule has 0 saturated carbocycles. The molecule has 1 atom stereocenters. The minimum atomic E-state index is -0.255. The Balaban J connectivity index is 1.48. The summed E-state index contributed by atoms with van der Waals surface area (Å²) in [6.45, 7) is 11.0. The van der Waals surface area contributed by atoms with Crippen LogP contribution in [-0.4, -0.2) is 67.7 Å². The van der Waals surface area contributed by atoms with Gasteiger partial charge in [0.2, 0.25) is 0 Å². The molecule has 0 amide bonds. The maximum Gasteiger partial charge on any atom is 0.191 e. The molecule has 0 bridgehead atoms. The lowest BCUT2D eigenvalue weighted by molar-refractivity contribution is 0.197. The zero-order valence-corrected chi connectivity index (χ0v) is 16.6. The first-order valence-electron chi connectivity index (χ1n) is 10.3. The van der Waals surface area contributed by atoms with Crippen molar-refractivity contribution in [1.82, 2.24) is 20.5 Å². The van der Waals surface area contributed by atoms with E-state index in [1.807, 2.05) is 4.90 Å². The van der Waals surface area contributed by atoms with Gasteiger partial charge in [0, 0.05) is 38.4 Å². The predicted octanol–water partition coefficient (Wildman–Crippen LogP) is 2.09. The summed E-state index contributed by atoms with van der Waals surface area (Å²) in [5.41, 5.74) is 0. The molecule has 3 heterocycles. The van der Waals surface area contributed by atoms with Crippen LogP contribution in [-0.2, 0) is 0 Å². The van der Waals surface area contributed by atoms with Crippen molar-refractivity contribution in [3.63, 3.8) is 0 Å². The molecule has 2 aliphatic heterocycles. The molecule has 1 aromatic rings. The maximum atomic E-state index is 14.0. The minimum absolute atomic E-state index is 0.250. The predicted molar refractivity (Wildman–Crippen MR) is 109 cm³/mol. The second-order valence-corrected chi connectivity index (χ2v) is 7.67. The van der Waals surface area contributed by atoms with Crippen molar-refractivity contribution in [2.75, 3.05) is 50.7 Å². The van der Waals surface area contributed by atoms with Gasteiger partial charge in [-0.3, -0.25) is 4.99 Å². The molecular formula is C20H33FN6. The molecule has 1 aromatic heterocycles. The maximum absolute atomic E-state index is 14.0. The van der Waals surface area contributed by atoms with Crippen LogP contribution in [0, 0.1) is 11.7 Å². The summed E-state index contributed by atoms with van der Waals surface area (Å²) in [6.07, 6.45) is 5.19. The van der Waals surface area contributed by atoms with Crippen LogP contribution in [0.25, 0.3) is 0 Å². The standard InChI is InChI=1S/C20H33FN6/c1-3-22-20(24-10-14-26-11-6-16(2)7-12-26)25-17-8-13-27(15-17)19-18(21)5-4-9-23-19/h4-5,9,16-17H,3,6-8,10-15H2,1-2H3,(H2,22,24,25). The van der Waals surface area contributed by atoms with Gasteiger partial charge in [-0.15, -0.1) is 0 Å². The van der Waals surface area contributed by atoms with Crippen LogP contribution < -0.4 is 15.5 Å². The molecule has 7 heteroatoms. The third kappa shape index (κ3) is 5.79. The van der Waals surface area contributed by atoms with Gasteiger partial charge >= 0.3 is 0 Å². The fourth-order valence-electron chi connectivity index (χ4n) is 3.78. The van der Waals surface area contributed by atoms with E-state index < -0.39 is 0 Å². The summed E-state index contributed by atoms with van der Waals surface area (Å²) in [7, 11) is 0. The third-order valence-electron chi connectivity index (χ3n) is 5.47. The number of hydrogen-bond acceptors (Lipinski definition) is 4. The Morgan fingerprint density at radius 3 is 2.85 bits per heavy atom. The molecule has 0 aromatic carbocycles. The number of hydrogen-bond donors (Lipinski definition) is 2. The van der Waals surface area contributed by atoms with E-state index in [4.69, 9.17) is 4.99 Å². The number of aromatic nitrogens is 1. The summed E-state index contributed by atoms with van der Waals surface area (Å²) in [5.74, 6) is 1.91. The number of piperidine rings is 1.